The summed E-state index contributed by atoms with van der Waals surface area (Å²) in [7, 11) is 0. The van der Waals surface area contributed by atoms with E-state index in [1.165, 1.54) is 0 Å². The van der Waals surface area contributed by atoms with E-state index in [-0.39, 0.29) is 0 Å². The van der Waals surface area contributed by atoms with Gasteiger partial charge in [0.1, 0.15) is 11.7 Å². The van der Waals surface area contributed by atoms with Crippen LogP contribution in [0.25, 0.3) is 0 Å². The van der Waals surface area contributed by atoms with Gasteiger partial charge >= 0.3 is 0 Å². The molecule has 0 aromatic heterocycles. The van der Waals surface area contributed by atoms with Gasteiger partial charge in [-0.05, 0) is 72.8 Å². The molecule has 0 aliphatic heterocycles. The summed E-state index contributed by atoms with van der Waals surface area (Å²) < 4.78 is 0. The summed E-state index contributed by atoms with van der Waals surface area (Å²) in [5, 5.41) is 6.98. The molecule has 0 saturated carbocycles. The SMILES string of the molecule is c1ccc(N=C(Nc2ccccc2)c2ccc(Sc3ccc(C(=Nc4ccccc4)Nc4ccccc4)cc3)cc2)cc1. The lowest BCUT2D eigenvalue weighted by atomic mass is 10.2. The highest BCUT2D eigenvalue weighted by Gasteiger charge is 2.08. The summed E-state index contributed by atoms with van der Waals surface area (Å²) in [5.74, 6) is 1.60. The molecule has 43 heavy (non-hydrogen) atoms. The quantitative estimate of drug-likeness (QED) is 0.140. The Balaban J connectivity index is 1.20. The fraction of sp³-hybridized carbons (Fsp3) is 0. The second kappa shape index (κ2) is 14.0. The molecular weight excluding hydrogens is 545 g/mol. The molecule has 0 aliphatic carbocycles. The Morgan fingerprint density at radius 1 is 0.372 bits per heavy atom. The van der Waals surface area contributed by atoms with Crippen LogP contribution in [-0.2, 0) is 0 Å². The third kappa shape index (κ3) is 7.88. The zero-order valence-electron chi connectivity index (χ0n) is 23.5. The number of anilines is 2. The first kappa shape index (κ1) is 27.8. The maximum absolute atomic E-state index is 4.91. The van der Waals surface area contributed by atoms with Gasteiger partial charge in [0.25, 0.3) is 0 Å². The van der Waals surface area contributed by atoms with Crippen LogP contribution >= 0.6 is 11.8 Å². The normalized spacial score (nSPS) is 11.6. The molecule has 6 rings (SSSR count). The number of rotatable bonds is 8. The summed E-state index contributed by atoms with van der Waals surface area (Å²) >= 11 is 1.72. The highest BCUT2D eigenvalue weighted by Crippen LogP contribution is 2.29. The molecule has 5 heteroatoms. The largest absolute Gasteiger partial charge is 0.340 e. The van der Waals surface area contributed by atoms with Gasteiger partial charge in [0.05, 0.1) is 11.4 Å². The van der Waals surface area contributed by atoms with Crippen LogP contribution in [0.1, 0.15) is 11.1 Å². The Morgan fingerprint density at radius 2 is 0.698 bits per heavy atom. The molecule has 0 aliphatic rings. The first-order chi connectivity index (χ1) is 21.3. The Labute approximate surface area is 256 Å². The van der Waals surface area contributed by atoms with Gasteiger partial charge in [0, 0.05) is 32.3 Å². The number of nitrogens with zero attached hydrogens (tertiary/aromatic N) is 2. The van der Waals surface area contributed by atoms with Gasteiger partial charge in [0.2, 0.25) is 0 Å². The number of hydrogen-bond acceptors (Lipinski definition) is 3. The molecule has 0 fully saturated rings. The number of aliphatic imine (C=N–C) groups is 2. The lowest BCUT2D eigenvalue weighted by Gasteiger charge is -2.12. The van der Waals surface area contributed by atoms with E-state index >= 15 is 0 Å². The predicted molar refractivity (Wildman–Crippen MR) is 182 cm³/mol. The van der Waals surface area contributed by atoms with E-state index in [9.17, 15) is 0 Å². The summed E-state index contributed by atoms with van der Waals surface area (Å²) in [6.07, 6.45) is 0. The van der Waals surface area contributed by atoms with Crippen LogP contribution in [0.3, 0.4) is 0 Å². The first-order valence-electron chi connectivity index (χ1n) is 14.1. The van der Waals surface area contributed by atoms with Crippen LogP contribution in [0, 0.1) is 0 Å². The molecule has 0 unspecified atom stereocenters. The maximum Gasteiger partial charge on any atom is 0.138 e. The number of amidine groups is 2. The van der Waals surface area contributed by atoms with Crippen molar-refractivity contribution in [1.29, 1.82) is 0 Å². The number of nitrogens with one attached hydrogen (secondary N) is 2. The van der Waals surface area contributed by atoms with Crippen molar-refractivity contribution < 1.29 is 0 Å². The Bertz CT molecular complexity index is 1650. The van der Waals surface area contributed by atoms with E-state index < -0.39 is 0 Å². The molecule has 6 aromatic carbocycles. The monoisotopic (exact) mass is 574 g/mol. The van der Waals surface area contributed by atoms with Crippen molar-refractivity contribution in [1.82, 2.24) is 0 Å². The van der Waals surface area contributed by atoms with Gasteiger partial charge in [-0.25, -0.2) is 9.98 Å². The van der Waals surface area contributed by atoms with E-state index in [0.717, 1.165) is 55.3 Å². The molecule has 4 nitrogen and oxygen atoms in total. The van der Waals surface area contributed by atoms with E-state index in [0.29, 0.717) is 0 Å². The van der Waals surface area contributed by atoms with E-state index in [2.05, 4.69) is 59.2 Å². The molecule has 208 valence electrons. The molecule has 0 bridgehead atoms. The standard InChI is InChI=1S/C38H30N4S/c1-5-13-31(14-6-1)39-37(40-32-15-7-2-8-16-32)29-21-25-35(26-22-29)43-36-27-23-30(24-28-36)38(41-33-17-9-3-10-18-33)42-34-19-11-4-12-20-34/h1-28H,(H,39,40)(H,41,42). The van der Waals surface area contributed by atoms with Gasteiger partial charge in [0.15, 0.2) is 0 Å². The van der Waals surface area contributed by atoms with Gasteiger partial charge in [-0.1, -0.05) is 109 Å². The van der Waals surface area contributed by atoms with Crippen LogP contribution in [0.4, 0.5) is 22.7 Å². The van der Waals surface area contributed by atoms with Crippen molar-refractivity contribution >= 4 is 46.2 Å². The zero-order valence-corrected chi connectivity index (χ0v) is 24.3. The van der Waals surface area contributed by atoms with Gasteiger partial charge < -0.3 is 10.6 Å². The minimum absolute atomic E-state index is 0.800. The van der Waals surface area contributed by atoms with Crippen LogP contribution in [0.5, 0.6) is 0 Å². The summed E-state index contributed by atoms with van der Waals surface area (Å²) in [4.78, 5) is 12.1. The molecule has 0 heterocycles. The Hall–Kier alpha value is -5.39. The lowest BCUT2D eigenvalue weighted by Crippen LogP contribution is -2.13. The van der Waals surface area contributed by atoms with Crippen molar-refractivity contribution in [2.75, 3.05) is 10.6 Å². The fourth-order valence-electron chi connectivity index (χ4n) is 4.41. The molecule has 0 radical (unpaired) electrons. The van der Waals surface area contributed by atoms with Crippen LogP contribution in [0.2, 0.25) is 0 Å². The minimum atomic E-state index is 0.800. The van der Waals surface area contributed by atoms with E-state index in [4.69, 9.17) is 9.98 Å². The average Bonchev–Trinajstić information content (AvgIpc) is 3.07. The summed E-state index contributed by atoms with van der Waals surface area (Å²) in [6, 6.07) is 57.3. The lowest BCUT2D eigenvalue weighted by molar-refractivity contribution is 1.38. The van der Waals surface area contributed by atoms with Crippen LogP contribution in [-0.4, -0.2) is 11.7 Å². The molecular formula is C38H30N4S. The van der Waals surface area contributed by atoms with Crippen LogP contribution in [0.15, 0.2) is 190 Å². The summed E-state index contributed by atoms with van der Waals surface area (Å²) in [6.45, 7) is 0. The smallest absolute Gasteiger partial charge is 0.138 e. The second-order valence-electron chi connectivity index (χ2n) is 9.72. The zero-order chi connectivity index (χ0) is 29.1. The van der Waals surface area contributed by atoms with Crippen LogP contribution < -0.4 is 10.6 Å². The van der Waals surface area contributed by atoms with E-state index in [1.807, 2.05) is 121 Å². The molecule has 0 amide bonds. The molecule has 0 spiro atoms. The molecule has 6 aromatic rings. The van der Waals surface area contributed by atoms with Crippen molar-refractivity contribution in [3.63, 3.8) is 0 Å². The van der Waals surface area contributed by atoms with Gasteiger partial charge in [-0.3, -0.25) is 0 Å². The molecule has 0 atom stereocenters. The maximum atomic E-state index is 4.91. The molecule has 0 saturated heterocycles. The van der Waals surface area contributed by atoms with E-state index in [1.54, 1.807) is 11.8 Å². The van der Waals surface area contributed by atoms with Crippen molar-refractivity contribution in [2.45, 2.75) is 9.79 Å². The predicted octanol–water partition coefficient (Wildman–Crippen LogP) is 10.2. The number of para-hydroxylation sites is 4. The van der Waals surface area contributed by atoms with Crippen molar-refractivity contribution in [3.05, 3.63) is 181 Å². The average molecular weight is 575 g/mol. The van der Waals surface area contributed by atoms with Crippen molar-refractivity contribution in [3.8, 4) is 0 Å². The second-order valence-corrected chi connectivity index (χ2v) is 10.9. The summed E-state index contributed by atoms with van der Waals surface area (Å²) in [5.41, 5.74) is 5.82. The Kier molecular flexibility index (Phi) is 9.03. The highest BCUT2D eigenvalue weighted by atomic mass is 32.2. The minimum Gasteiger partial charge on any atom is -0.340 e. The first-order valence-corrected chi connectivity index (χ1v) is 14.9. The number of hydrogen-bond donors (Lipinski definition) is 2. The van der Waals surface area contributed by atoms with Gasteiger partial charge in [-0.2, -0.15) is 0 Å². The van der Waals surface area contributed by atoms with Crippen molar-refractivity contribution in [2.24, 2.45) is 9.98 Å². The highest BCUT2D eigenvalue weighted by molar-refractivity contribution is 7.99. The third-order valence-electron chi connectivity index (χ3n) is 6.56. The Morgan fingerprint density at radius 3 is 1.05 bits per heavy atom. The molecule has 2 N–H and O–H groups in total. The third-order valence-corrected chi connectivity index (χ3v) is 7.57. The topological polar surface area (TPSA) is 48.8 Å². The van der Waals surface area contributed by atoms with Gasteiger partial charge in [-0.15, -0.1) is 0 Å². The number of benzene rings is 6. The fourth-order valence-corrected chi connectivity index (χ4v) is 5.22.